The summed E-state index contributed by atoms with van der Waals surface area (Å²) in [5.41, 5.74) is 1.13. The summed E-state index contributed by atoms with van der Waals surface area (Å²) in [6.45, 7) is 4.61. The lowest BCUT2D eigenvalue weighted by Crippen LogP contribution is -2.19. The van der Waals surface area contributed by atoms with Gasteiger partial charge >= 0.3 is 0 Å². The van der Waals surface area contributed by atoms with Crippen molar-refractivity contribution in [1.82, 2.24) is 0 Å². The van der Waals surface area contributed by atoms with Gasteiger partial charge in [-0.2, -0.15) is 0 Å². The van der Waals surface area contributed by atoms with Crippen molar-refractivity contribution in [2.75, 3.05) is 6.61 Å². The number of ether oxygens (including phenoxy) is 2. The first-order chi connectivity index (χ1) is 8.74. The van der Waals surface area contributed by atoms with Crippen LogP contribution in [0.3, 0.4) is 0 Å². The highest BCUT2D eigenvalue weighted by Crippen LogP contribution is 2.31. The Hall–Kier alpha value is -1.22. The van der Waals surface area contributed by atoms with Crippen molar-refractivity contribution in [3.8, 4) is 0 Å². The van der Waals surface area contributed by atoms with Crippen LogP contribution in [0, 0.1) is 0 Å². The number of halogens is 1. The number of rotatable bonds is 2. The zero-order valence-corrected chi connectivity index (χ0v) is 12.2. The molecule has 0 bridgehead atoms. The van der Waals surface area contributed by atoms with Crippen LogP contribution in [0.15, 0.2) is 52.4 Å². The molecule has 1 unspecified atom stereocenters. The van der Waals surface area contributed by atoms with Gasteiger partial charge in [0.05, 0.1) is 0 Å². The van der Waals surface area contributed by atoms with Crippen molar-refractivity contribution in [1.29, 1.82) is 0 Å². The van der Waals surface area contributed by atoms with Crippen molar-refractivity contribution >= 4 is 15.9 Å². The predicted octanol–water partition coefficient (Wildman–Crippen LogP) is 4.73. The molecule has 0 spiro atoms. The SMILES string of the molecule is C/C=C1/OC(c2ccc(Br)cc2)CO/C1=C/CC. The van der Waals surface area contributed by atoms with E-state index in [-0.39, 0.29) is 6.10 Å². The minimum atomic E-state index is -0.0293. The van der Waals surface area contributed by atoms with Crippen LogP contribution >= 0.6 is 15.9 Å². The summed E-state index contributed by atoms with van der Waals surface area (Å²) >= 11 is 3.43. The van der Waals surface area contributed by atoms with E-state index >= 15 is 0 Å². The van der Waals surface area contributed by atoms with Crippen LogP contribution in [-0.4, -0.2) is 6.61 Å². The number of hydrogen-bond donors (Lipinski definition) is 0. The van der Waals surface area contributed by atoms with Crippen LogP contribution in [0.4, 0.5) is 0 Å². The first kappa shape index (κ1) is 13.2. The van der Waals surface area contributed by atoms with Crippen LogP contribution < -0.4 is 0 Å². The molecule has 1 aliphatic rings. The average Bonchev–Trinajstić information content (AvgIpc) is 2.40. The standard InChI is InChI=1S/C15H17BrO2/c1-3-5-14-13(4-2)18-15(10-17-14)11-6-8-12(16)9-7-11/h4-9,15H,3,10H2,1-2H3/b13-4+,14-5+. The highest BCUT2D eigenvalue weighted by atomic mass is 79.9. The van der Waals surface area contributed by atoms with E-state index in [1.807, 2.05) is 31.2 Å². The molecular weight excluding hydrogens is 292 g/mol. The van der Waals surface area contributed by atoms with Crippen molar-refractivity contribution < 1.29 is 9.47 Å². The molecule has 0 amide bonds. The van der Waals surface area contributed by atoms with E-state index < -0.39 is 0 Å². The molecule has 0 aliphatic carbocycles. The molecule has 1 fully saturated rings. The monoisotopic (exact) mass is 308 g/mol. The van der Waals surface area contributed by atoms with Crippen LogP contribution in [0.2, 0.25) is 0 Å². The van der Waals surface area contributed by atoms with E-state index in [1.165, 1.54) is 0 Å². The van der Waals surface area contributed by atoms with Gasteiger partial charge in [0.25, 0.3) is 0 Å². The second kappa shape index (κ2) is 6.10. The molecular formula is C15H17BrO2. The lowest BCUT2D eigenvalue weighted by Gasteiger charge is -2.28. The summed E-state index contributed by atoms with van der Waals surface area (Å²) in [6, 6.07) is 8.15. The smallest absolute Gasteiger partial charge is 0.158 e. The van der Waals surface area contributed by atoms with Gasteiger partial charge in [0.1, 0.15) is 6.61 Å². The Labute approximate surface area is 116 Å². The summed E-state index contributed by atoms with van der Waals surface area (Å²) in [6.07, 6.45) is 4.91. The van der Waals surface area contributed by atoms with Gasteiger partial charge in [-0.05, 0) is 43.2 Å². The maximum atomic E-state index is 5.98. The third-order valence-corrected chi connectivity index (χ3v) is 3.32. The third-order valence-electron chi connectivity index (χ3n) is 2.80. The van der Waals surface area contributed by atoms with Crippen molar-refractivity contribution in [3.05, 3.63) is 58.0 Å². The highest BCUT2D eigenvalue weighted by molar-refractivity contribution is 9.10. The Bertz CT molecular complexity index is 460. The van der Waals surface area contributed by atoms with Gasteiger partial charge < -0.3 is 9.47 Å². The fourth-order valence-corrected chi connectivity index (χ4v) is 2.14. The molecule has 1 heterocycles. The summed E-state index contributed by atoms with van der Waals surface area (Å²) in [5, 5.41) is 0. The fourth-order valence-electron chi connectivity index (χ4n) is 1.88. The van der Waals surface area contributed by atoms with Gasteiger partial charge in [-0.15, -0.1) is 0 Å². The fraction of sp³-hybridized carbons (Fsp3) is 0.333. The molecule has 96 valence electrons. The largest absolute Gasteiger partial charge is 0.486 e. The summed E-state index contributed by atoms with van der Waals surface area (Å²) in [7, 11) is 0. The molecule has 0 aromatic heterocycles. The van der Waals surface area contributed by atoms with Crippen molar-refractivity contribution in [2.24, 2.45) is 0 Å². The lowest BCUT2D eigenvalue weighted by atomic mass is 10.1. The van der Waals surface area contributed by atoms with Gasteiger partial charge in [0.15, 0.2) is 17.6 Å². The zero-order valence-electron chi connectivity index (χ0n) is 10.7. The van der Waals surface area contributed by atoms with Gasteiger partial charge in [-0.3, -0.25) is 0 Å². The first-order valence-electron chi connectivity index (χ1n) is 6.16. The average molecular weight is 309 g/mol. The number of allylic oxidation sites excluding steroid dienone is 2. The van der Waals surface area contributed by atoms with Crippen LogP contribution in [0.25, 0.3) is 0 Å². The van der Waals surface area contributed by atoms with E-state index in [0.717, 1.165) is 28.0 Å². The van der Waals surface area contributed by atoms with Crippen molar-refractivity contribution in [3.63, 3.8) is 0 Å². The molecule has 0 N–H and O–H groups in total. The maximum Gasteiger partial charge on any atom is 0.158 e. The van der Waals surface area contributed by atoms with Gasteiger partial charge in [-0.25, -0.2) is 0 Å². The molecule has 1 aliphatic heterocycles. The Kier molecular flexibility index (Phi) is 4.48. The van der Waals surface area contributed by atoms with Crippen LogP contribution in [-0.2, 0) is 9.47 Å². The molecule has 0 radical (unpaired) electrons. The molecule has 18 heavy (non-hydrogen) atoms. The van der Waals surface area contributed by atoms with E-state index in [2.05, 4.69) is 35.0 Å². The number of benzene rings is 1. The second-order valence-electron chi connectivity index (χ2n) is 4.10. The summed E-state index contributed by atoms with van der Waals surface area (Å²) in [5.74, 6) is 1.68. The first-order valence-corrected chi connectivity index (χ1v) is 6.95. The predicted molar refractivity (Wildman–Crippen MR) is 76.1 cm³/mol. The quantitative estimate of drug-likeness (QED) is 0.786. The molecule has 3 heteroatoms. The maximum absolute atomic E-state index is 5.98. The zero-order chi connectivity index (χ0) is 13.0. The molecule has 2 rings (SSSR count). The van der Waals surface area contributed by atoms with E-state index in [4.69, 9.17) is 9.47 Å². The minimum Gasteiger partial charge on any atom is -0.486 e. The normalized spacial score (nSPS) is 23.8. The van der Waals surface area contributed by atoms with Gasteiger partial charge in [0.2, 0.25) is 0 Å². The lowest BCUT2D eigenvalue weighted by molar-refractivity contribution is -0.00894. The molecule has 1 aromatic rings. The van der Waals surface area contributed by atoms with Gasteiger partial charge in [0, 0.05) is 4.47 Å². The van der Waals surface area contributed by atoms with Crippen molar-refractivity contribution in [2.45, 2.75) is 26.4 Å². The van der Waals surface area contributed by atoms with E-state index in [1.54, 1.807) is 0 Å². The summed E-state index contributed by atoms with van der Waals surface area (Å²) in [4.78, 5) is 0. The second-order valence-corrected chi connectivity index (χ2v) is 5.01. The Morgan fingerprint density at radius 3 is 2.61 bits per heavy atom. The van der Waals surface area contributed by atoms with E-state index in [0.29, 0.717) is 6.61 Å². The Morgan fingerprint density at radius 2 is 2.00 bits per heavy atom. The Balaban J connectivity index is 2.15. The summed E-state index contributed by atoms with van der Waals surface area (Å²) < 4.78 is 12.8. The molecule has 0 saturated carbocycles. The highest BCUT2D eigenvalue weighted by Gasteiger charge is 2.23. The molecule has 1 aromatic carbocycles. The topological polar surface area (TPSA) is 18.5 Å². The van der Waals surface area contributed by atoms with Crippen LogP contribution in [0.1, 0.15) is 31.9 Å². The van der Waals surface area contributed by atoms with E-state index in [9.17, 15) is 0 Å². The molecule has 1 atom stereocenters. The van der Waals surface area contributed by atoms with Crippen LogP contribution in [0.5, 0.6) is 0 Å². The molecule has 2 nitrogen and oxygen atoms in total. The van der Waals surface area contributed by atoms with Gasteiger partial charge in [-0.1, -0.05) is 35.0 Å². The Morgan fingerprint density at radius 1 is 1.28 bits per heavy atom. The third kappa shape index (κ3) is 2.96. The molecule has 1 saturated heterocycles. The minimum absolute atomic E-state index is 0.0293. The number of hydrogen-bond acceptors (Lipinski definition) is 2.